The van der Waals surface area contributed by atoms with Crippen LogP contribution in [0.5, 0.6) is 5.75 Å². The minimum atomic E-state index is -0.263. The summed E-state index contributed by atoms with van der Waals surface area (Å²) in [5.74, 6) is 0.387. The van der Waals surface area contributed by atoms with Crippen molar-refractivity contribution in [2.45, 2.75) is 12.8 Å². The molecule has 0 saturated carbocycles. The van der Waals surface area contributed by atoms with E-state index < -0.39 is 0 Å². The van der Waals surface area contributed by atoms with Crippen LogP contribution in [0.1, 0.15) is 12.8 Å². The van der Waals surface area contributed by atoms with Crippen molar-refractivity contribution >= 4 is 26.8 Å². The topological polar surface area (TPSA) is 22.1 Å². The normalized spacial score (nSPS) is 10.7. The monoisotopic (exact) mass is 297 g/mol. The number of halogens is 2. The number of fused-ring (bicyclic) bond motifs is 1. The van der Waals surface area contributed by atoms with Gasteiger partial charge in [0.05, 0.1) is 6.61 Å². The van der Waals surface area contributed by atoms with Gasteiger partial charge < -0.3 is 4.74 Å². The summed E-state index contributed by atoms with van der Waals surface area (Å²) in [6.45, 7) is 0.628. The molecule has 0 aliphatic carbocycles. The van der Waals surface area contributed by atoms with Crippen molar-refractivity contribution in [1.82, 2.24) is 4.98 Å². The van der Waals surface area contributed by atoms with Crippen molar-refractivity contribution in [2.24, 2.45) is 0 Å². The van der Waals surface area contributed by atoms with Gasteiger partial charge in [-0.3, -0.25) is 4.98 Å². The highest BCUT2D eigenvalue weighted by Crippen LogP contribution is 2.25. The zero-order valence-corrected chi connectivity index (χ0v) is 10.9. The van der Waals surface area contributed by atoms with E-state index in [-0.39, 0.29) is 5.82 Å². The third kappa shape index (κ3) is 2.94. The SMILES string of the molecule is Fc1ccc(OCCCCBr)c2ncccc12. The van der Waals surface area contributed by atoms with Crippen LogP contribution in [0.2, 0.25) is 0 Å². The third-order valence-electron chi connectivity index (χ3n) is 2.46. The summed E-state index contributed by atoms with van der Waals surface area (Å²) < 4.78 is 19.1. The second kappa shape index (κ2) is 5.96. The first-order valence-electron chi connectivity index (χ1n) is 5.55. The largest absolute Gasteiger partial charge is 0.491 e. The van der Waals surface area contributed by atoms with Crippen LogP contribution in [0.15, 0.2) is 30.5 Å². The number of ether oxygens (including phenoxy) is 1. The molecule has 0 bridgehead atoms. The minimum Gasteiger partial charge on any atom is -0.491 e. The molecule has 1 aromatic heterocycles. The van der Waals surface area contributed by atoms with Gasteiger partial charge >= 0.3 is 0 Å². The Morgan fingerprint density at radius 1 is 1.24 bits per heavy atom. The zero-order valence-electron chi connectivity index (χ0n) is 9.33. The van der Waals surface area contributed by atoms with Crippen LogP contribution >= 0.6 is 15.9 Å². The lowest BCUT2D eigenvalue weighted by molar-refractivity contribution is 0.312. The molecule has 4 heteroatoms. The molecule has 0 fully saturated rings. The molecule has 0 spiro atoms. The fourth-order valence-electron chi connectivity index (χ4n) is 1.61. The number of unbranched alkanes of at least 4 members (excludes halogenated alkanes) is 1. The van der Waals surface area contributed by atoms with E-state index in [4.69, 9.17) is 4.74 Å². The number of hydrogen-bond acceptors (Lipinski definition) is 2. The van der Waals surface area contributed by atoms with Crippen molar-refractivity contribution in [3.8, 4) is 5.75 Å². The summed E-state index contributed by atoms with van der Waals surface area (Å²) in [5, 5.41) is 1.48. The Hall–Kier alpha value is -1.16. The third-order valence-corrected chi connectivity index (χ3v) is 3.03. The van der Waals surface area contributed by atoms with Crippen LogP contribution in [0.25, 0.3) is 10.9 Å². The van der Waals surface area contributed by atoms with Crippen molar-refractivity contribution in [1.29, 1.82) is 0 Å². The van der Waals surface area contributed by atoms with Gasteiger partial charge in [0.15, 0.2) is 0 Å². The smallest absolute Gasteiger partial charge is 0.145 e. The Labute approximate surface area is 108 Å². The fraction of sp³-hybridized carbons (Fsp3) is 0.308. The Balaban J connectivity index is 2.20. The summed E-state index contributed by atoms with van der Waals surface area (Å²) in [4.78, 5) is 4.17. The highest BCUT2D eigenvalue weighted by atomic mass is 79.9. The summed E-state index contributed by atoms with van der Waals surface area (Å²) in [5.41, 5.74) is 0.589. The molecule has 2 rings (SSSR count). The molecule has 90 valence electrons. The van der Waals surface area contributed by atoms with E-state index in [2.05, 4.69) is 20.9 Å². The van der Waals surface area contributed by atoms with E-state index >= 15 is 0 Å². The standard InChI is InChI=1S/C13H13BrFNO/c14-7-1-2-9-17-12-6-5-11(15)10-4-3-8-16-13(10)12/h3-6,8H,1-2,7,9H2. The van der Waals surface area contributed by atoms with E-state index in [1.165, 1.54) is 6.07 Å². The first kappa shape index (κ1) is 12.3. The number of aromatic nitrogens is 1. The maximum atomic E-state index is 13.5. The number of rotatable bonds is 5. The molecule has 0 N–H and O–H groups in total. The van der Waals surface area contributed by atoms with Crippen molar-refractivity contribution < 1.29 is 9.13 Å². The first-order chi connectivity index (χ1) is 8.33. The number of alkyl halides is 1. The van der Waals surface area contributed by atoms with Crippen LogP contribution in [-0.4, -0.2) is 16.9 Å². The second-order valence-electron chi connectivity index (χ2n) is 3.69. The van der Waals surface area contributed by atoms with Gasteiger partial charge in [-0.1, -0.05) is 15.9 Å². The lowest BCUT2D eigenvalue weighted by Crippen LogP contribution is -1.99. The molecule has 0 unspecified atom stereocenters. The Morgan fingerprint density at radius 3 is 2.94 bits per heavy atom. The maximum Gasteiger partial charge on any atom is 0.145 e. The summed E-state index contributed by atoms with van der Waals surface area (Å²) in [6.07, 6.45) is 3.68. The molecule has 2 aromatic rings. The number of nitrogens with zero attached hydrogens (tertiary/aromatic N) is 1. The quantitative estimate of drug-likeness (QED) is 0.616. The highest BCUT2D eigenvalue weighted by molar-refractivity contribution is 9.09. The van der Waals surface area contributed by atoms with E-state index in [9.17, 15) is 4.39 Å². The van der Waals surface area contributed by atoms with Crippen LogP contribution in [0, 0.1) is 5.82 Å². The average molecular weight is 298 g/mol. The number of benzene rings is 1. The predicted octanol–water partition coefficient (Wildman–Crippen LogP) is 3.93. The summed E-state index contributed by atoms with van der Waals surface area (Å²) >= 11 is 3.37. The van der Waals surface area contributed by atoms with E-state index in [0.717, 1.165) is 18.2 Å². The molecular formula is C13H13BrFNO. The lowest BCUT2D eigenvalue weighted by Gasteiger charge is -2.08. The summed E-state index contributed by atoms with van der Waals surface area (Å²) in [6, 6.07) is 6.49. The zero-order chi connectivity index (χ0) is 12.1. The van der Waals surface area contributed by atoms with Crippen LogP contribution in [0.4, 0.5) is 4.39 Å². The molecule has 0 saturated heterocycles. The molecule has 2 nitrogen and oxygen atoms in total. The van der Waals surface area contributed by atoms with E-state index in [0.29, 0.717) is 23.3 Å². The van der Waals surface area contributed by atoms with Crippen LogP contribution in [0.3, 0.4) is 0 Å². The van der Waals surface area contributed by atoms with Gasteiger partial charge in [-0.25, -0.2) is 4.39 Å². The molecule has 0 radical (unpaired) electrons. The van der Waals surface area contributed by atoms with Crippen LogP contribution in [-0.2, 0) is 0 Å². The molecule has 0 atom stereocenters. The molecule has 1 heterocycles. The molecule has 1 aromatic carbocycles. The molecule has 0 amide bonds. The van der Waals surface area contributed by atoms with Crippen molar-refractivity contribution in [3.05, 3.63) is 36.3 Å². The van der Waals surface area contributed by atoms with Gasteiger partial charge in [-0.2, -0.15) is 0 Å². The molecule has 0 aliphatic heterocycles. The van der Waals surface area contributed by atoms with Gasteiger partial charge in [0.1, 0.15) is 17.1 Å². The summed E-state index contributed by atoms with van der Waals surface area (Å²) in [7, 11) is 0. The van der Waals surface area contributed by atoms with Gasteiger partial charge in [0.25, 0.3) is 0 Å². The van der Waals surface area contributed by atoms with Gasteiger partial charge in [-0.05, 0) is 37.1 Å². The predicted molar refractivity (Wildman–Crippen MR) is 70.2 cm³/mol. The molecule has 17 heavy (non-hydrogen) atoms. The second-order valence-corrected chi connectivity index (χ2v) is 4.48. The van der Waals surface area contributed by atoms with Crippen LogP contribution < -0.4 is 4.74 Å². The molecular weight excluding hydrogens is 285 g/mol. The number of hydrogen-bond donors (Lipinski definition) is 0. The van der Waals surface area contributed by atoms with E-state index in [1.54, 1.807) is 24.4 Å². The average Bonchev–Trinajstić information content (AvgIpc) is 2.37. The van der Waals surface area contributed by atoms with Gasteiger partial charge in [0.2, 0.25) is 0 Å². The van der Waals surface area contributed by atoms with Crippen molar-refractivity contribution in [2.75, 3.05) is 11.9 Å². The fourth-order valence-corrected chi connectivity index (χ4v) is 2.00. The highest BCUT2D eigenvalue weighted by Gasteiger charge is 2.07. The number of pyridine rings is 1. The first-order valence-corrected chi connectivity index (χ1v) is 6.67. The molecule has 0 aliphatic rings. The Morgan fingerprint density at radius 2 is 2.12 bits per heavy atom. The maximum absolute atomic E-state index is 13.5. The van der Waals surface area contributed by atoms with Gasteiger partial charge in [0, 0.05) is 16.9 Å². The lowest BCUT2D eigenvalue weighted by atomic mass is 10.2. The minimum absolute atomic E-state index is 0.263. The van der Waals surface area contributed by atoms with Crippen molar-refractivity contribution in [3.63, 3.8) is 0 Å². The Bertz CT molecular complexity index is 504. The Kier molecular flexibility index (Phi) is 4.31. The van der Waals surface area contributed by atoms with E-state index in [1.807, 2.05) is 0 Å². The van der Waals surface area contributed by atoms with Gasteiger partial charge in [-0.15, -0.1) is 0 Å².